The zero-order chi connectivity index (χ0) is 21.1. The SMILES string of the molecule is O=C([O-])/C=C\C[C@H](O)CCc1c(C2CC2)nc2ccccc2c1-c1ccc(F)cc1.[Na+]. The van der Waals surface area contributed by atoms with Crippen LogP contribution in [0.25, 0.3) is 22.0 Å². The van der Waals surface area contributed by atoms with Crippen molar-refractivity contribution in [2.45, 2.75) is 44.1 Å². The molecular weight excluding hydrogens is 404 g/mol. The Morgan fingerprint density at radius 2 is 1.90 bits per heavy atom. The van der Waals surface area contributed by atoms with Crippen molar-refractivity contribution in [3.63, 3.8) is 0 Å². The van der Waals surface area contributed by atoms with E-state index in [0.29, 0.717) is 18.8 Å². The van der Waals surface area contributed by atoms with Gasteiger partial charge in [-0.2, -0.15) is 0 Å². The Balaban J connectivity index is 0.00000272. The Labute approximate surface area is 203 Å². The molecule has 1 atom stereocenters. The van der Waals surface area contributed by atoms with E-state index < -0.39 is 12.1 Å². The van der Waals surface area contributed by atoms with Crippen LogP contribution in [0.15, 0.2) is 60.7 Å². The molecule has 1 N–H and O–H groups in total. The van der Waals surface area contributed by atoms with Crippen LogP contribution < -0.4 is 34.7 Å². The largest absolute Gasteiger partial charge is 1.00 e. The first-order valence-corrected chi connectivity index (χ1v) is 10.3. The monoisotopic (exact) mass is 427 g/mol. The standard InChI is InChI=1S/C25H24FNO3.Na/c26-18-12-10-16(11-13-18)24-20-5-1-2-6-22(20)27-25(17-8-9-17)21(24)15-14-19(28)4-3-7-23(29)30;/h1-3,5-7,10-13,17,19,28H,4,8-9,14-15H2,(H,29,30);/q;+1/p-1/b7-3-;/t19-;/m0./s1. The zero-order valence-corrected chi connectivity index (χ0v) is 19.6. The summed E-state index contributed by atoms with van der Waals surface area (Å²) in [6.07, 6.45) is 5.22. The van der Waals surface area contributed by atoms with E-state index in [0.717, 1.165) is 52.2 Å². The number of aliphatic hydroxyl groups excluding tert-OH is 1. The first kappa shape index (κ1) is 23.6. The molecule has 154 valence electrons. The normalized spacial score (nSPS) is 14.5. The quantitative estimate of drug-likeness (QED) is 0.429. The molecule has 1 aliphatic rings. The average molecular weight is 427 g/mol. The van der Waals surface area contributed by atoms with Crippen LogP contribution in [0.3, 0.4) is 0 Å². The summed E-state index contributed by atoms with van der Waals surface area (Å²) in [5.41, 5.74) is 5.04. The molecule has 0 saturated heterocycles. The average Bonchev–Trinajstić information content (AvgIpc) is 3.57. The van der Waals surface area contributed by atoms with Crippen LogP contribution in [0.5, 0.6) is 0 Å². The number of hydrogen-bond donors (Lipinski definition) is 1. The van der Waals surface area contributed by atoms with Crippen molar-refractivity contribution in [3.05, 3.63) is 77.8 Å². The molecule has 1 saturated carbocycles. The second-order valence-corrected chi connectivity index (χ2v) is 7.80. The van der Waals surface area contributed by atoms with Gasteiger partial charge >= 0.3 is 29.6 Å². The first-order valence-electron chi connectivity index (χ1n) is 10.3. The van der Waals surface area contributed by atoms with Gasteiger partial charge in [0, 0.05) is 17.0 Å². The van der Waals surface area contributed by atoms with Gasteiger partial charge in [-0.05, 0) is 73.1 Å². The molecular formula is C25H23FNNaO3. The summed E-state index contributed by atoms with van der Waals surface area (Å²) in [7, 11) is 0. The molecule has 0 amide bonds. The number of carbonyl (C=O) groups excluding carboxylic acids is 1. The van der Waals surface area contributed by atoms with Gasteiger partial charge in [-0.25, -0.2) is 4.39 Å². The number of aliphatic hydroxyl groups is 1. The second kappa shape index (κ2) is 10.5. The summed E-state index contributed by atoms with van der Waals surface area (Å²) in [5.74, 6) is -1.13. The minimum Gasteiger partial charge on any atom is -0.545 e. The van der Waals surface area contributed by atoms with E-state index in [1.165, 1.54) is 18.2 Å². The van der Waals surface area contributed by atoms with Crippen LogP contribution in [0.4, 0.5) is 4.39 Å². The Hall–Kier alpha value is -2.05. The minimum atomic E-state index is -1.27. The number of rotatable bonds is 8. The van der Waals surface area contributed by atoms with E-state index in [1.54, 1.807) is 12.1 Å². The summed E-state index contributed by atoms with van der Waals surface area (Å²) < 4.78 is 13.6. The fourth-order valence-electron chi connectivity index (χ4n) is 3.91. The number of hydrogen-bond acceptors (Lipinski definition) is 4. The molecule has 0 bridgehead atoms. The number of benzene rings is 2. The van der Waals surface area contributed by atoms with Crippen LogP contribution >= 0.6 is 0 Å². The van der Waals surface area contributed by atoms with Crippen molar-refractivity contribution in [1.29, 1.82) is 0 Å². The third kappa shape index (κ3) is 5.80. The fraction of sp³-hybridized carbons (Fsp3) is 0.280. The number of aliphatic carboxylic acids is 1. The van der Waals surface area contributed by atoms with Gasteiger partial charge in [0.2, 0.25) is 0 Å². The number of halogens is 1. The number of aromatic nitrogens is 1. The molecule has 0 spiro atoms. The van der Waals surface area contributed by atoms with Crippen LogP contribution in [0.1, 0.15) is 42.9 Å². The zero-order valence-electron chi connectivity index (χ0n) is 17.6. The molecule has 0 unspecified atom stereocenters. The van der Waals surface area contributed by atoms with Gasteiger partial charge in [0.15, 0.2) is 0 Å². The fourth-order valence-corrected chi connectivity index (χ4v) is 3.91. The number of nitrogens with zero attached hydrogens (tertiary/aromatic N) is 1. The Kier molecular flexibility index (Phi) is 8.00. The predicted octanol–water partition coefficient (Wildman–Crippen LogP) is 0.912. The molecule has 6 heteroatoms. The molecule has 0 radical (unpaired) electrons. The third-order valence-corrected chi connectivity index (χ3v) is 5.51. The molecule has 0 aliphatic heterocycles. The molecule has 3 aromatic rings. The topological polar surface area (TPSA) is 73.2 Å². The van der Waals surface area contributed by atoms with E-state index in [2.05, 4.69) is 0 Å². The summed E-state index contributed by atoms with van der Waals surface area (Å²) in [6, 6.07) is 14.5. The molecule has 1 aromatic heterocycles. The molecule has 1 aliphatic carbocycles. The Morgan fingerprint density at radius 3 is 2.58 bits per heavy atom. The van der Waals surface area contributed by atoms with E-state index in [-0.39, 0.29) is 41.8 Å². The van der Waals surface area contributed by atoms with E-state index in [4.69, 9.17) is 4.98 Å². The Morgan fingerprint density at radius 1 is 1.19 bits per heavy atom. The van der Waals surface area contributed by atoms with Crippen molar-refractivity contribution < 1.29 is 49.0 Å². The van der Waals surface area contributed by atoms with Gasteiger partial charge < -0.3 is 15.0 Å². The number of pyridine rings is 1. The molecule has 1 heterocycles. The summed E-state index contributed by atoms with van der Waals surface area (Å²) in [4.78, 5) is 15.5. The number of carboxylic acid groups (broad SMARTS) is 1. The first-order chi connectivity index (χ1) is 14.5. The number of fused-ring (bicyclic) bond motifs is 1. The van der Waals surface area contributed by atoms with Crippen LogP contribution in [0.2, 0.25) is 0 Å². The van der Waals surface area contributed by atoms with Gasteiger partial charge in [0.05, 0.1) is 17.6 Å². The number of carbonyl (C=O) groups is 1. The van der Waals surface area contributed by atoms with Crippen molar-refractivity contribution >= 4 is 16.9 Å². The molecule has 4 rings (SSSR count). The van der Waals surface area contributed by atoms with Crippen LogP contribution in [-0.2, 0) is 11.2 Å². The van der Waals surface area contributed by atoms with E-state index in [1.807, 2.05) is 24.3 Å². The predicted molar refractivity (Wildman–Crippen MR) is 112 cm³/mol. The van der Waals surface area contributed by atoms with E-state index >= 15 is 0 Å². The van der Waals surface area contributed by atoms with Gasteiger partial charge in [-0.3, -0.25) is 4.98 Å². The smallest absolute Gasteiger partial charge is 0.545 e. The summed E-state index contributed by atoms with van der Waals surface area (Å²) in [5, 5.41) is 21.9. The van der Waals surface area contributed by atoms with Crippen LogP contribution in [0, 0.1) is 5.82 Å². The molecule has 1 fully saturated rings. The summed E-state index contributed by atoms with van der Waals surface area (Å²) >= 11 is 0. The van der Waals surface area contributed by atoms with Crippen LogP contribution in [-0.4, -0.2) is 22.2 Å². The third-order valence-electron chi connectivity index (χ3n) is 5.51. The van der Waals surface area contributed by atoms with E-state index in [9.17, 15) is 19.4 Å². The summed E-state index contributed by atoms with van der Waals surface area (Å²) in [6.45, 7) is 0. The van der Waals surface area contributed by atoms with Crippen molar-refractivity contribution in [2.75, 3.05) is 0 Å². The van der Waals surface area contributed by atoms with Gasteiger partial charge in [0.1, 0.15) is 5.82 Å². The Bertz CT molecular complexity index is 1090. The van der Waals surface area contributed by atoms with Crippen molar-refractivity contribution in [1.82, 2.24) is 4.98 Å². The maximum absolute atomic E-state index is 13.6. The number of carboxylic acids is 1. The number of para-hydroxylation sites is 1. The maximum Gasteiger partial charge on any atom is 1.00 e. The molecule has 4 nitrogen and oxygen atoms in total. The molecule has 31 heavy (non-hydrogen) atoms. The second-order valence-electron chi connectivity index (χ2n) is 7.80. The minimum absolute atomic E-state index is 0. The van der Waals surface area contributed by atoms with Gasteiger partial charge in [-0.1, -0.05) is 36.4 Å². The van der Waals surface area contributed by atoms with Gasteiger partial charge in [0.25, 0.3) is 0 Å². The molecule has 2 aromatic carbocycles. The van der Waals surface area contributed by atoms with Gasteiger partial charge in [-0.15, -0.1) is 0 Å². The van der Waals surface area contributed by atoms with Crippen molar-refractivity contribution in [2.24, 2.45) is 0 Å². The maximum atomic E-state index is 13.6. The van der Waals surface area contributed by atoms with Crippen molar-refractivity contribution in [3.8, 4) is 11.1 Å².